The number of fused-ring (bicyclic) bond motifs is 5. The summed E-state index contributed by atoms with van der Waals surface area (Å²) >= 11 is 12.8. The molecule has 6 heteroatoms. The number of nitrogens with zero attached hydrogens (tertiary/aromatic N) is 1. The van der Waals surface area contributed by atoms with Crippen molar-refractivity contribution in [3.63, 3.8) is 0 Å². The van der Waals surface area contributed by atoms with E-state index in [2.05, 4.69) is 4.90 Å². The van der Waals surface area contributed by atoms with Crippen LogP contribution >= 0.6 is 23.2 Å². The van der Waals surface area contributed by atoms with Gasteiger partial charge in [-0.25, -0.2) is 4.79 Å². The standard InChI is InChI=1S/C21H17Cl2NO3/c1-11-5-6-12(7-17(11)22)24-9-16-19-15(8-18(23)20(16)26-10-24)13-3-2-4-14(13)21(25)27-19/h5-8H,2-4,9-10H2,1H3. The second-order valence-electron chi connectivity index (χ2n) is 7.15. The third-order valence-electron chi connectivity index (χ3n) is 5.50. The monoisotopic (exact) mass is 401 g/mol. The van der Waals surface area contributed by atoms with Crippen molar-refractivity contribution in [2.75, 3.05) is 11.6 Å². The largest absolute Gasteiger partial charge is 0.471 e. The maximum absolute atomic E-state index is 12.5. The van der Waals surface area contributed by atoms with Crippen LogP contribution < -0.4 is 15.3 Å². The van der Waals surface area contributed by atoms with Gasteiger partial charge in [-0.2, -0.15) is 0 Å². The van der Waals surface area contributed by atoms with Gasteiger partial charge in [-0.05, 0) is 55.5 Å². The molecule has 1 aliphatic heterocycles. The van der Waals surface area contributed by atoms with Crippen molar-refractivity contribution >= 4 is 39.9 Å². The van der Waals surface area contributed by atoms with Crippen LogP contribution in [0.3, 0.4) is 0 Å². The molecule has 0 fully saturated rings. The minimum absolute atomic E-state index is 0.241. The van der Waals surface area contributed by atoms with Crippen LogP contribution in [0.4, 0.5) is 5.69 Å². The van der Waals surface area contributed by atoms with Gasteiger partial charge < -0.3 is 14.1 Å². The molecule has 1 aliphatic carbocycles. The molecule has 0 amide bonds. The topological polar surface area (TPSA) is 42.7 Å². The average Bonchev–Trinajstić information content (AvgIpc) is 3.16. The zero-order valence-electron chi connectivity index (χ0n) is 14.8. The molecular formula is C21H17Cl2NO3. The highest BCUT2D eigenvalue weighted by molar-refractivity contribution is 6.33. The SMILES string of the molecule is Cc1ccc(N2COc3c(Cl)cc4c5c(c(=O)oc4c3C2)CCC5)cc1Cl. The van der Waals surface area contributed by atoms with Gasteiger partial charge in [0.25, 0.3) is 0 Å². The molecule has 2 aromatic carbocycles. The third-order valence-corrected chi connectivity index (χ3v) is 6.19. The Morgan fingerprint density at radius 2 is 1.85 bits per heavy atom. The van der Waals surface area contributed by atoms with E-state index in [1.807, 2.05) is 31.2 Å². The summed E-state index contributed by atoms with van der Waals surface area (Å²) in [5.74, 6) is 0.597. The smallest absolute Gasteiger partial charge is 0.339 e. The molecule has 2 heterocycles. The van der Waals surface area contributed by atoms with E-state index in [0.717, 1.165) is 52.6 Å². The van der Waals surface area contributed by atoms with Crippen molar-refractivity contribution in [1.29, 1.82) is 0 Å². The molecule has 5 rings (SSSR count). The van der Waals surface area contributed by atoms with Crippen molar-refractivity contribution in [3.05, 3.63) is 67.0 Å². The summed E-state index contributed by atoms with van der Waals surface area (Å²) < 4.78 is 11.7. The van der Waals surface area contributed by atoms with Gasteiger partial charge in [0.15, 0.2) is 6.73 Å². The van der Waals surface area contributed by atoms with Crippen molar-refractivity contribution < 1.29 is 9.15 Å². The number of rotatable bonds is 1. The quantitative estimate of drug-likeness (QED) is 0.522. The predicted octanol–water partition coefficient (Wildman–Crippen LogP) is 5.25. The van der Waals surface area contributed by atoms with Crippen LogP contribution in [0.25, 0.3) is 11.0 Å². The molecule has 0 bridgehead atoms. The summed E-state index contributed by atoms with van der Waals surface area (Å²) in [6, 6.07) is 7.79. The Morgan fingerprint density at radius 1 is 1.04 bits per heavy atom. The van der Waals surface area contributed by atoms with Crippen molar-refractivity contribution in [3.8, 4) is 5.75 Å². The second-order valence-corrected chi connectivity index (χ2v) is 7.96. The zero-order valence-corrected chi connectivity index (χ0v) is 16.3. The first-order chi connectivity index (χ1) is 13.0. The van der Waals surface area contributed by atoms with Crippen LogP contribution in [0, 0.1) is 6.92 Å². The molecule has 0 unspecified atom stereocenters. The number of hydrogen-bond donors (Lipinski definition) is 0. The highest BCUT2D eigenvalue weighted by atomic mass is 35.5. The van der Waals surface area contributed by atoms with Crippen molar-refractivity contribution in [2.24, 2.45) is 0 Å². The highest BCUT2D eigenvalue weighted by Gasteiger charge is 2.28. The highest BCUT2D eigenvalue weighted by Crippen LogP contribution is 2.42. The number of benzene rings is 2. The van der Waals surface area contributed by atoms with Crippen LogP contribution in [0.2, 0.25) is 10.0 Å². The first-order valence-electron chi connectivity index (χ1n) is 8.97. The van der Waals surface area contributed by atoms with Crippen LogP contribution in [0.1, 0.15) is 28.7 Å². The van der Waals surface area contributed by atoms with Crippen LogP contribution in [0.5, 0.6) is 5.75 Å². The minimum atomic E-state index is -0.241. The van der Waals surface area contributed by atoms with Gasteiger partial charge in [-0.3, -0.25) is 0 Å². The van der Waals surface area contributed by atoms with Crippen molar-refractivity contribution in [1.82, 2.24) is 0 Å². The Balaban J connectivity index is 1.68. The molecule has 0 radical (unpaired) electrons. The fraction of sp³-hybridized carbons (Fsp3) is 0.286. The molecule has 0 spiro atoms. The van der Waals surface area contributed by atoms with E-state index in [1.165, 1.54) is 0 Å². The van der Waals surface area contributed by atoms with E-state index in [9.17, 15) is 4.79 Å². The number of anilines is 1. The fourth-order valence-electron chi connectivity index (χ4n) is 4.05. The average molecular weight is 402 g/mol. The van der Waals surface area contributed by atoms with Gasteiger partial charge in [-0.1, -0.05) is 29.3 Å². The Morgan fingerprint density at radius 3 is 2.67 bits per heavy atom. The van der Waals surface area contributed by atoms with Crippen LogP contribution in [-0.4, -0.2) is 6.73 Å². The molecule has 2 aliphatic rings. The maximum Gasteiger partial charge on any atom is 0.339 e. The van der Waals surface area contributed by atoms with Gasteiger partial charge in [0.1, 0.15) is 11.3 Å². The molecule has 27 heavy (non-hydrogen) atoms. The summed E-state index contributed by atoms with van der Waals surface area (Å²) in [7, 11) is 0. The lowest BCUT2D eigenvalue weighted by Gasteiger charge is -2.32. The molecular weight excluding hydrogens is 385 g/mol. The van der Waals surface area contributed by atoms with Gasteiger partial charge in [0.2, 0.25) is 0 Å². The summed E-state index contributed by atoms with van der Waals surface area (Å²) in [4.78, 5) is 14.5. The van der Waals surface area contributed by atoms with E-state index >= 15 is 0 Å². The maximum atomic E-state index is 12.5. The fourth-order valence-corrected chi connectivity index (χ4v) is 4.50. The lowest BCUT2D eigenvalue weighted by atomic mass is 10.0. The normalized spacial score (nSPS) is 15.6. The molecule has 1 aromatic heterocycles. The van der Waals surface area contributed by atoms with Gasteiger partial charge in [-0.15, -0.1) is 0 Å². The Bertz CT molecular complexity index is 1150. The second kappa shape index (κ2) is 6.18. The van der Waals surface area contributed by atoms with Gasteiger partial charge >= 0.3 is 5.63 Å². The molecule has 138 valence electrons. The lowest BCUT2D eigenvalue weighted by molar-refractivity contribution is 0.289. The summed E-state index contributed by atoms with van der Waals surface area (Å²) in [6.07, 6.45) is 2.62. The molecule has 0 atom stereocenters. The molecule has 0 saturated carbocycles. The Kier molecular flexibility index (Phi) is 3.88. The summed E-state index contributed by atoms with van der Waals surface area (Å²) in [5.41, 5.74) is 4.99. The van der Waals surface area contributed by atoms with Crippen LogP contribution in [-0.2, 0) is 19.4 Å². The number of hydrogen-bond acceptors (Lipinski definition) is 4. The molecule has 0 saturated heterocycles. The zero-order chi connectivity index (χ0) is 18.7. The summed E-state index contributed by atoms with van der Waals surface area (Å²) in [5, 5.41) is 2.19. The van der Waals surface area contributed by atoms with Crippen LogP contribution in [0.15, 0.2) is 33.5 Å². The molecule has 3 aromatic rings. The van der Waals surface area contributed by atoms with Gasteiger partial charge in [0, 0.05) is 21.7 Å². The lowest BCUT2D eigenvalue weighted by Crippen LogP contribution is -2.32. The Labute approximate surface area is 166 Å². The summed E-state index contributed by atoms with van der Waals surface area (Å²) in [6.45, 7) is 2.86. The predicted molar refractivity (Wildman–Crippen MR) is 107 cm³/mol. The number of aryl methyl sites for hydroxylation is 2. The van der Waals surface area contributed by atoms with E-state index in [-0.39, 0.29) is 5.63 Å². The van der Waals surface area contributed by atoms with E-state index < -0.39 is 0 Å². The van der Waals surface area contributed by atoms with E-state index in [1.54, 1.807) is 0 Å². The third kappa shape index (κ3) is 2.62. The first kappa shape index (κ1) is 17.0. The van der Waals surface area contributed by atoms with Gasteiger partial charge in [0.05, 0.1) is 17.1 Å². The van der Waals surface area contributed by atoms with E-state index in [4.69, 9.17) is 32.4 Å². The molecule has 0 N–H and O–H groups in total. The minimum Gasteiger partial charge on any atom is -0.471 e. The Hall–Kier alpha value is -2.17. The van der Waals surface area contributed by atoms with E-state index in [0.29, 0.717) is 34.7 Å². The molecule has 4 nitrogen and oxygen atoms in total. The number of halogens is 2. The number of ether oxygens (including phenoxy) is 1. The first-order valence-corrected chi connectivity index (χ1v) is 9.72. The van der Waals surface area contributed by atoms with Crippen molar-refractivity contribution in [2.45, 2.75) is 32.7 Å².